The molecule has 0 radical (unpaired) electrons. The van der Waals surface area contributed by atoms with E-state index in [2.05, 4.69) is 18.9 Å². The summed E-state index contributed by atoms with van der Waals surface area (Å²) in [6.45, 7) is 2.40. The summed E-state index contributed by atoms with van der Waals surface area (Å²) >= 11 is 0. The molecule has 0 bridgehead atoms. The fraction of sp³-hybridized carbons (Fsp3) is 1.00. The predicted molar refractivity (Wildman–Crippen MR) is 60.2 cm³/mol. The van der Waals surface area contributed by atoms with Gasteiger partial charge in [0.2, 0.25) is 0 Å². The van der Waals surface area contributed by atoms with E-state index in [1.165, 1.54) is 38.5 Å². The molecule has 0 aliphatic heterocycles. The van der Waals surface area contributed by atoms with Gasteiger partial charge in [0.05, 0.1) is 0 Å². The van der Waals surface area contributed by atoms with Crippen molar-refractivity contribution >= 4 is 0 Å². The van der Waals surface area contributed by atoms with Crippen molar-refractivity contribution < 1.29 is 0 Å². The number of nitrogens with two attached hydrogens (primary N) is 1. The lowest BCUT2D eigenvalue weighted by molar-refractivity contribution is 0.0954. The lowest BCUT2D eigenvalue weighted by Gasteiger charge is -2.40. The normalized spacial score (nSPS) is 36.0. The average molecular weight is 196 g/mol. The summed E-state index contributed by atoms with van der Waals surface area (Å²) in [5, 5.41) is 0. The van der Waals surface area contributed by atoms with E-state index in [4.69, 9.17) is 5.73 Å². The maximum atomic E-state index is 5.96. The van der Waals surface area contributed by atoms with Crippen molar-refractivity contribution in [2.75, 3.05) is 7.05 Å². The van der Waals surface area contributed by atoms with Crippen LogP contribution in [0.5, 0.6) is 0 Å². The van der Waals surface area contributed by atoms with Crippen molar-refractivity contribution in [3.63, 3.8) is 0 Å². The second-order valence-electron chi connectivity index (χ2n) is 5.32. The zero-order valence-electron chi connectivity index (χ0n) is 9.58. The van der Waals surface area contributed by atoms with Gasteiger partial charge in [0.25, 0.3) is 0 Å². The van der Waals surface area contributed by atoms with E-state index < -0.39 is 0 Å². The Morgan fingerprint density at radius 2 is 1.93 bits per heavy atom. The van der Waals surface area contributed by atoms with Gasteiger partial charge in [-0.05, 0) is 52.0 Å². The summed E-state index contributed by atoms with van der Waals surface area (Å²) in [6, 6.07) is 2.01. The van der Waals surface area contributed by atoms with Crippen LogP contribution in [0.4, 0.5) is 0 Å². The molecular weight excluding hydrogens is 172 g/mol. The first-order chi connectivity index (χ1) is 6.68. The summed E-state index contributed by atoms with van der Waals surface area (Å²) in [5.41, 5.74) is 5.96. The van der Waals surface area contributed by atoms with Crippen molar-refractivity contribution in [2.45, 2.75) is 63.6 Å². The van der Waals surface area contributed by atoms with Crippen molar-refractivity contribution in [1.29, 1.82) is 0 Å². The lowest BCUT2D eigenvalue weighted by atomic mass is 9.79. The summed E-state index contributed by atoms with van der Waals surface area (Å²) in [5.74, 6) is 0.969. The molecule has 0 amide bonds. The highest BCUT2D eigenvalue weighted by Crippen LogP contribution is 2.34. The molecule has 0 spiro atoms. The summed E-state index contributed by atoms with van der Waals surface area (Å²) in [6.07, 6.45) is 8.11. The van der Waals surface area contributed by atoms with Crippen molar-refractivity contribution in [3.8, 4) is 0 Å². The van der Waals surface area contributed by atoms with Gasteiger partial charge in [-0.25, -0.2) is 0 Å². The first-order valence-electron chi connectivity index (χ1n) is 6.16. The number of hydrogen-bond donors (Lipinski definition) is 1. The molecule has 82 valence electrons. The Balaban J connectivity index is 1.84. The van der Waals surface area contributed by atoms with Crippen LogP contribution in [-0.2, 0) is 0 Å². The van der Waals surface area contributed by atoms with Gasteiger partial charge in [-0.1, -0.05) is 6.42 Å². The standard InChI is InChI=1S/C12H24N2/c1-9(10-4-3-5-10)14(2)12-7-6-11(13)8-12/h9-12H,3-8,13H2,1-2H3. The fourth-order valence-corrected chi connectivity index (χ4v) is 2.95. The lowest BCUT2D eigenvalue weighted by Crippen LogP contribution is -2.44. The minimum absolute atomic E-state index is 0.469. The molecule has 0 saturated heterocycles. The van der Waals surface area contributed by atoms with Crippen molar-refractivity contribution in [3.05, 3.63) is 0 Å². The van der Waals surface area contributed by atoms with Crippen LogP contribution in [0.2, 0.25) is 0 Å². The van der Waals surface area contributed by atoms with Gasteiger partial charge >= 0.3 is 0 Å². The van der Waals surface area contributed by atoms with Crippen molar-refractivity contribution in [2.24, 2.45) is 11.7 Å². The Morgan fingerprint density at radius 1 is 1.21 bits per heavy atom. The van der Waals surface area contributed by atoms with Gasteiger partial charge in [-0.2, -0.15) is 0 Å². The third-order valence-corrected chi connectivity index (χ3v) is 4.50. The number of nitrogens with zero attached hydrogens (tertiary/aromatic N) is 1. The topological polar surface area (TPSA) is 29.3 Å². The van der Waals surface area contributed by atoms with E-state index in [9.17, 15) is 0 Å². The molecule has 14 heavy (non-hydrogen) atoms. The fourth-order valence-electron chi connectivity index (χ4n) is 2.95. The monoisotopic (exact) mass is 196 g/mol. The molecule has 2 rings (SSSR count). The number of hydrogen-bond acceptors (Lipinski definition) is 2. The summed E-state index contributed by atoms with van der Waals surface area (Å²) in [4.78, 5) is 2.59. The van der Waals surface area contributed by atoms with Gasteiger partial charge in [-0.15, -0.1) is 0 Å². The van der Waals surface area contributed by atoms with Gasteiger partial charge in [0.15, 0.2) is 0 Å². The molecule has 0 aromatic heterocycles. The molecule has 3 unspecified atom stereocenters. The molecule has 3 atom stereocenters. The largest absolute Gasteiger partial charge is 0.328 e. The minimum Gasteiger partial charge on any atom is -0.328 e. The van der Waals surface area contributed by atoms with E-state index in [1.54, 1.807) is 0 Å². The first-order valence-corrected chi connectivity index (χ1v) is 6.16. The van der Waals surface area contributed by atoms with Crippen LogP contribution in [0.3, 0.4) is 0 Å². The van der Waals surface area contributed by atoms with Gasteiger partial charge in [0, 0.05) is 18.1 Å². The van der Waals surface area contributed by atoms with E-state index in [-0.39, 0.29) is 0 Å². The second kappa shape index (κ2) is 4.19. The molecule has 2 aliphatic rings. The molecule has 0 aromatic carbocycles. The SMILES string of the molecule is CC(C1CCC1)N(C)C1CCC(N)C1. The molecule has 2 heteroatoms. The van der Waals surface area contributed by atoms with E-state index >= 15 is 0 Å². The molecule has 2 saturated carbocycles. The third-order valence-electron chi connectivity index (χ3n) is 4.50. The third kappa shape index (κ3) is 1.96. The van der Waals surface area contributed by atoms with Gasteiger partial charge < -0.3 is 10.6 Å². The molecular formula is C12H24N2. The summed E-state index contributed by atoms with van der Waals surface area (Å²) < 4.78 is 0. The van der Waals surface area contributed by atoms with E-state index in [1.807, 2.05) is 0 Å². The highest BCUT2D eigenvalue weighted by molar-refractivity contribution is 4.89. The first kappa shape index (κ1) is 10.4. The molecule has 0 aromatic rings. The highest BCUT2D eigenvalue weighted by Gasteiger charge is 2.32. The van der Waals surface area contributed by atoms with Crippen LogP contribution in [0.1, 0.15) is 45.4 Å². The van der Waals surface area contributed by atoms with Crippen LogP contribution in [0, 0.1) is 5.92 Å². The average Bonchev–Trinajstić information content (AvgIpc) is 2.47. The zero-order chi connectivity index (χ0) is 10.1. The smallest absolute Gasteiger partial charge is 0.0110 e. The highest BCUT2D eigenvalue weighted by atomic mass is 15.2. The van der Waals surface area contributed by atoms with Crippen LogP contribution in [-0.4, -0.2) is 30.1 Å². The number of rotatable bonds is 3. The Kier molecular flexibility index (Phi) is 3.13. The van der Waals surface area contributed by atoms with Crippen molar-refractivity contribution in [1.82, 2.24) is 4.90 Å². The second-order valence-corrected chi connectivity index (χ2v) is 5.32. The molecule has 2 fully saturated rings. The molecule has 0 heterocycles. The van der Waals surface area contributed by atoms with Crippen LogP contribution in [0.25, 0.3) is 0 Å². The molecule has 2 nitrogen and oxygen atoms in total. The van der Waals surface area contributed by atoms with Crippen LogP contribution in [0.15, 0.2) is 0 Å². The molecule has 2 N–H and O–H groups in total. The zero-order valence-corrected chi connectivity index (χ0v) is 9.58. The van der Waals surface area contributed by atoms with Crippen LogP contribution < -0.4 is 5.73 Å². The maximum absolute atomic E-state index is 5.96. The Bertz CT molecular complexity index is 187. The maximum Gasteiger partial charge on any atom is 0.0110 e. The van der Waals surface area contributed by atoms with E-state index in [0.29, 0.717) is 6.04 Å². The quantitative estimate of drug-likeness (QED) is 0.748. The Morgan fingerprint density at radius 3 is 2.36 bits per heavy atom. The predicted octanol–water partition coefficient (Wildman–Crippen LogP) is 1.99. The minimum atomic E-state index is 0.469. The molecule has 2 aliphatic carbocycles. The van der Waals surface area contributed by atoms with Crippen LogP contribution >= 0.6 is 0 Å². The Labute approximate surface area is 87.8 Å². The Hall–Kier alpha value is -0.0800. The summed E-state index contributed by atoms with van der Waals surface area (Å²) in [7, 11) is 2.30. The van der Waals surface area contributed by atoms with Gasteiger partial charge in [0.1, 0.15) is 0 Å². The van der Waals surface area contributed by atoms with Gasteiger partial charge in [-0.3, -0.25) is 0 Å². The van der Waals surface area contributed by atoms with E-state index in [0.717, 1.165) is 18.0 Å².